The van der Waals surface area contributed by atoms with Gasteiger partial charge in [0.15, 0.2) is 11.8 Å². The summed E-state index contributed by atoms with van der Waals surface area (Å²) in [5, 5.41) is 9.95. The fraction of sp³-hybridized carbons (Fsp3) is 0.200. The summed E-state index contributed by atoms with van der Waals surface area (Å²) >= 11 is 0. The number of para-hydroxylation sites is 1. The molecular weight excluding hydrogens is 166 g/mol. The molecule has 2 aromatic rings. The van der Waals surface area contributed by atoms with Crippen LogP contribution in [0.4, 0.5) is 0 Å². The molecule has 0 amide bonds. The lowest BCUT2D eigenvalue weighted by Gasteiger charge is -1.97. The molecule has 0 spiro atoms. The number of fused-ring (bicyclic) bond motifs is 1. The van der Waals surface area contributed by atoms with Gasteiger partial charge in [-0.05, 0) is 12.1 Å². The Labute approximate surface area is 75.8 Å². The molecule has 1 aromatic heterocycles. The fourth-order valence-corrected chi connectivity index (χ4v) is 1.29. The quantitative estimate of drug-likeness (QED) is 0.711. The number of rotatable bonds is 2. The van der Waals surface area contributed by atoms with Crippen LogP contribution < -0.4 is 5.73 Å². The van der Waals surface area contributed by atoms with E-state index in [9.17, 15) is 0 Å². The maximum atomic E-state index is 8.89. The summed E-state index contributed by atoms with van der Waals surface area (Å²) < 4.78 is 5.50. The molecule has 0 unspecified atom stereocenters. The standard InChI is InChI=1S/C10H11NO2/c11-8(6-12)10-5-7-3-1-2-4-9(7)13-10/h1-5,8,12H,6,11H2/p+1/t8-/m1/s1. The van der Waals surface area contributed by atoms with Crippen LogP contribution in [0.3, 0.4) is 0 Å². The first-order valence-corrected chi connectivity index (χ1v) is 4.23. The lowest BCUT2D eigenvalue weighted by molar-refractivity contribution is -0.435. The van der Waals surface area contributed by atoms with Gasteiger partial charge in [0, 0.05) is 5.39 Å². The molecule has 1 aromatic carbocycles. The largest absolute Gasteiger partial charge is 0.455 e. The summed E-state index contributed by atoms with van der Waals surface area (Å²) in [4.78, 5) is 0. The Morgan fingerprint density at radius 2 is 2.15 bits per heavy atom. The summed E-state index contributed by atoms with van der Waals surface area (Å²) in [5.41, 5.74) is 4.63. The minimum atomic E-state index is -0.174. The Bertz CT molecular complexity index is 375. The summed E-state index contributed by atoms with van der Waals surface area (Å²) in [6, 6.07) is 9.51. The van der Waals surface area contributed by atoms with Crippen LogP contribution in [0.25, 0.3) is 11.0 Å². The van der Waals surface area contributed by atoms with E-state index >= 15 is 0 Å². The summed E-state index contributed by atoms with van der Waals surface area (Å²) in [7, 11) is 0. The van der Waals surface area contributed by atoms with Gasteiger partial charge in [-0.15, -0.1) is 0 Å². The number of benzene rings is 1. The maximum absolute atomic E-state index is 8.89. The minimum absolute atomic E-state index is 0.0137. The Balaban J connectivity index is 2.49. The van der Waals surface area contributed by atoms with Crippen LogP contribution >= 0.6 is 0 Å². The zero-order chi connectivity index (χ0) is 9.26. The zero-order valence-electron chi connectivity index (χ0n) is 7.23. The Morgan fingerprint density at radius 1 is 1.38 bits per heavy atom. The predicted octanol–water partition coefficient (Wildman–Crippen LogP) is 0.708. The number of furan rings is 1. The Hall–Kier alpha value is -1.32. The molecule has 68 valence electrons. The van der Waals surface area contributed by atoms with Gasteiger partial charge in [-0.2, -0.15) is 0 Å². The fourth-order valence-electron chi connectivity index (χ4n) is 1.29. The van der Waals surface area contributed by atoms with Crippen LogP contribution in [0.2, 0.25) is 0 Å². The second-order valence-electron chi connectivity index (χ2n) is 3.07. The molecule has 0 saturated heterocycles. The molecule has 3 nitrogen and oxygen atoms in total. The van der Waals surface area contributed by atoms with Gasteiger partial charge in [0.1, 0.15) is 12.2 Å². The first kappa shape index (κ1) is 8.29. The summed E-state index contributed by atoms with van der Waals surface area (Å²) in [6.45, 7) is 0.0137. The second-order valence-corrected chi connectivity index (χ2v) is 3.07. The van der Waals surface area contributed by atoms with Crippen molar-refractivity contribution >= 4 is 11.0 Å². The van der Waals surface area contributed by atoms with Crippen molar-refractivity contribution in [1.29, 1.82) is 0 Å². The van der Waals surface area contributed by atoms with Crippen LogP contribution in [0.5, 0.6) is 0 Å². The average molecular weight is 178 g/mol. The maximum Gasteiger partial charge on any atom is 0.166 e. The van der Waals surface area contributed by atoms with Gasteiger partial charge in [0.05, 0.1) is 0 Å². The van der Waals surface area contributed by atoms with E-state index < -0.39 is 0 Å². The summed E-state index contributed by atoms with van der Waals surface area (Å²) in [5.74, 6) is 0.740. The monoisotopic (exact) mass is 178 g/mol. The predicted molar refractivity (Wildman–Crippen MR) is 48.9 cm³/mol. The Kier molecular flexibility index (Phi) is 2.04. The van der Waals surface area contributed by atoms with E-state index in [4.69, 9.17) is 9.52 Å². The number of hydrogen-bond donors (Lipinski definition) is 2. The molecule has 0 aliphatic heterocycles. The second kappa shape index (κ2) is 3.20. The number of aliphatic hydroxyl groups is 1. The molecule has 2 rings (SSSR count). The molecule has 0 aliphatic carbocycles. The minimum Gasteiger partial charge on any atom is -0.455 e. The van der Waals surface area contributed by atoms with Crippen molar-refractivity contribution in [2.75, 3.05) is 6.61 Å². The van der Waals surface area contributed by atoms with Crippen molar-refractivity contribution in [3.63, 3.8) is 0 Å². The molecule has 1 heterocycles. The molecule has 0 aliphatic rings. The highest BCUT2D eigenvalue weighted by molar-refractivity contribution is 5.77. The van der Waals surface area contributed by atoms with Crippen LogP contribution in [-0.4, -0.2) is 11.7 Å². The zero-order valence-corrected chi connectivity index (χ0v) is 7.23. The topological polar surface area (TPSA) is 61.0 Å². The lowest BCUT2D eigenvalue weighted by atomic mass is 10.2. The summed E-state index contributed by atoms with van der Waals surface area (Å²) in [6.07, 6.45) is 0. The molecule has 0 saturated carbocycles. The van der Waals surface area contributed by atoms with Gasteiger partial charge < -0.3 is 15.3 Å². The molecule has 3 heteroatoms. The van der Waals surface area contributed by atoms with E-state index in [0.29, 0.717) is 0 Å². The van der Waals surface area contributed by atoms with Crippen LogP contribution in [0.15, 0.2) is 34.7 Å². The molecule has 0 bridgehead atoms. The van der Waals surface area contributed by atoms with Crippen molar-refractivity contribution in [3.05, 3.63) is 36.1 Å². The van der Waals surface area contributed by atoms with Gasteiger partial charge in [0.2, 0.25) is 0 Å². The normalized spacial score (nSPS) is 13.4. The van der Waals surface area contributed by atoms with Gasteiger partial charge in [-0.3, -0.25) is 0 Å². The van der Waals surface area contributed by atoms with Crippen molar-refractivity contribution in [1.82, 2.24) is 0 Å². The third kappa shape index (κ3) is 1.43. The van der Waals surface area contributed by atoms with E-state index in [1.165, 1.54) is 0 Å². The third-order valence-corrected chi connectivity index (χ3v) is 2.07. The van der Waals surface area contributed by atoms with Gasteiger partial charge in [-0.1, -0.05) is 18.2 Å². The smallest absolute Gasteiger partial charge is 0.166 e. The SMILES string of the molecule is [NH3+][C@H](CO)c1cc2ccccc2o1. The molecule has 0 radical (unpaired) electrons. The van der Waals surface area contributed by atoms with Crippen molar-refractivity contribution in [3.8, 4) is 0 Å². The van der Waals surface area contributed by atoms with Gasteiger partial charge in [0.25, 0.3) is 0 Å². The van der Waals surface area contributed by atoms with Gasteiger partial charge in [-0.25, -0.2) is 0 Å². The van der Waals surface area contributed by atoms with E-state index in [2.05, 4.69) is 5.73 Å². The highest BCUT2D eigenvalue weighted by Crippen LogP contribution is 2.21. The Morgan fingerprint density at radius 3 is 2.85 bits per heavy atom. The van der Waals surface area contributed by atoms with E-state index in [0.717, 1.165) is 16.7 Å². The number of hydrogen-bond acceptors (Lipinski definition) is 2. The van der Waals surface area contributed by atoms with Crippen LogP contribution in [0, 0.1) is 0 Å². The molecule has 4 N–H and O–H groups in total. The van der Waals surface area contributed by atoms with Crippen molar-refractivity contribution in [2.45, 2.75) is 6.04 Å². The first-order chi connectivity index (χ1) is 6.31. The van der Waals surface area contributed by atoms with E-state index in [1.807, 2.05) is 30.3 Å². The van der Waals surface area contributed by atoms with Crippen molar-refractivity contribution in [2.24, 2.45) is 0 Å². The lowest BCUT2D eigenvalue weighted by Crippen LogP contribution is -2.55. The van der Waals surface area contributed by atoms with Gasteiger partial charge >= 0.3 is 0 Å². The highest BCUT2D eigenvalue weighted by atomic mass is 16.3. The molecule has 13 heavy (non-hydrogen) atoms. The van der Waals surface area contributed by atoms with E-state index in [-0.39, 0.29) is 12.6 Å². The number of aliphatic hydroxyl groups excluding tert-OH is 1. The third-order valence-electron chi connectivity index (χ3n) is 2.07. The molecule has 0 fully saturated rings. The highest BCUT2D eigenvalue weighted by Gasteiger charge is 2.13. The first-order valence-electron chi connectivity index (χ1n) is 4.23. The van der Waals surface area contributed by atoms with Crippen LogP contribution in [-0.2, 0) is 0 Å². The van der Waals surface area contributed by atoms with Crippen LogP contribution in [0.1, 0.15) is 11.8 Å². The molecule has 1 atom stereocenters. The average Bonchev–Trinajstić information content (AvgIpc) is 2.59. The van der Waals surface area contributed by atoms with E-state index in [1.54, 1.807) is 0 Å². The van der Waals surface area contributed by atoms with Crippen molar-refractivity contribution < 1.29 is 15.3 Å². The molecular formula is C10H12NO2+. The number of quaternary nitrogens is 1.